The van der Waals surface area contributed by atoms with Gasteiger partial charge in [-0.2, -0.15) is 0 Å². The van der Waals surface area contributed by atoms with Crippen LogP contribution in [0.4, 0.5) is 4.39 Å². The zero-order valence-corrected chi connectivity index (χ0v) is 17.0. The Kier molecular flexibility index (Phi) is 4.17. The SMILES string of the molecule is FC1=CC=C2N(C3CCN(Cc4ccccc4)CC3)C(c3ccccn3)=CC23CC13. The first-order chi connectivity index (χ1) is 14.7. The number of benzene rings is 1. The van der Waals surface area contributed by atoms with E-state index in [0.717, 1.165) is 44.6 Å². The molecule has 2 aromatic rings. The number of halogens is 1. The molecule has 0 bridgehead atoms. The maximum absolute atomic E-state index is 14.4. The van der Waals surface area contributed by atoms with Crippen LogP contribution in [0.5, 0.6) is 0 Å². The highest BCUT2D eigenvalue weighted by Gasteiger charge is 2.63. The van der Waals surface area contributed by atoms with Crippen LogP contribution in [-0.4, -0.2) is 33.9 Å². The Hall–Kier alpha value is -2.72. The van der Waals surface area contributed by atoms with Gasteiger partial charge in [0.25, 0.3) is 0 Å². The van der Waals surface area contributed by atoms with E-state index in [9.17, 15) is 4.39 Å². The average molecular weight is 400 g/mol. The van der Waals surface area contributed by atoms with Gasteiger partial charge in [-0.05, 0) is 55.2 Å². The van der Waals surface area contributed by atoms with E-state index in [-0.39, 0.29) is 17.2 Å². The van der Waals surface area contributed by atoms with E-state index >= 15 is 0 Å². The Morgan fingerprint density at radius 3 is 2.57 bits per heavy atom. The third kappa shape index (κ3) is 2.85. The molecule has 2 aliphatic carbocycles. The van der Waals surface area contributed by atoms with Gasteiger partial charge >= 0.3 is 0 Å². The quantitative estimate of drug-likeness (QED) is 0.708. The maximum atomic E-state index is 14.4. The van der Waals surface area contributed by atoms with E-state index in [4.69, 9.17) is 0 Å². The molecule has 152 valence electrons. The van der Waals surface area contributed by atoms with Crippen molar-refractivity contribution in [1.82, 2.24) is 14.8 Å². The minimum absolute atomic E-state index is 0.0272. The van der Waals surface area contributed by atoms with Crippen LogP contribution in [0.2, 0.25) is 0 Å². The molecule has 0 N–H and O–H groups in total. The van der Waals surface area contributed by atoms with Crippen molar-refractivity contribution in [2.24, 2.45) is 11.3 Å². The van der Waals surface area contributed by atoms with Crippen molar-refractivity contribution < 1.29 is 4.39 Å². The second kappa shape index (κ2) is 6.92. The molecule has 2 aliphatic heterocycles. The first kappa shape index (κ1) is 18.1. The zero-order valence-electron chi connectivity index (χ0n) is 17.0. The van der Waals surface area contributed by atoms with E-state index in [0.29, 0.717) is 6.04 Å². The Morgan fingerprint density at radius 1 is 1.00 bits per heavy atom. The first-order valence-electron chi connectivity index (χ1n) is 11.0. The van der Waals surface area contributed by atoms with Crippen LogP contribution < -0.4 is 0 Å². The van der Waals surface area contributed by atoms with Crippen molar-refractivity contribution in [3.8, 4) is 0 Å². The number of nitrogens with zero attached hydrogens (tertiary/aromatic N) is 3. The summed E-state index contributed by atoms with van der Waals surface area (Å²) in [4.78, 5) is 9.70. The highest BCUT2D eigenvalue weighted by Crippen LogP contribution is 2.69. The normalized spacial score (nSPS) is 28.4. The molecule has 3 heterocycles. The van der Waals surface area contributed by atoms with Gasteiger partial charge in [0, 0.05) is 48.9 Å². The minimum atomic E-state index is -0.132. The van der Waals surface area contributed by atoms with Crippen molar-refractivity contribution >= 4 is 5.70 Å². The number of likely N-dealkylation sites (tertiary alicyclic amines) is 1. The van der Waals surface area contributed by atoms with Crippen LogP contribution in [0.3, 0.4) is 0 Å². The zero-order chi connectivity index (χ0) is 20.1. The molecular formula is C26H26FN3. The van der Waals surface area contributed by atoms with E-state index in [1.165, 1.54) is 17.0 Å². The smallest absolute Gasteiger partial charge is 0.104 e. The standard InChI is InChI=1S/C26H26FN3/c27-22-9-10-25-26(16-21(22)26)17-24(23-8-4-5-13-28-23)30(25)20-11-14-29(15-12-20)18-19-6-2-1-3-7-19/h1-10,13,17,20-21H,11-12,14-16,18H2. The van der Waals surface area contributed by atoms with Crippen LogP contribution in [0.1, 0.15) is 30.5 Å². The third-order valence-corrected chi connectivity index (χ3v) is 7.23. The van der Waals surface area contributed by atoms with Crippen LogP contribution in [0.25, 0.3) is 5.70 Å². The Labute approximate surface area is 177 Å². The number of piperidine rings is 1. The lowest BCUT2D eigenvalue weighted by molar-refractivity contribution is 0.155. The third-order valence-electron chi connectivity index (χ3n) is 7.23. The number of hydrogen-bond acceptors (Lipinski definition) is 3. The summed E-state index contributed by atoms with van der Waals surface area (Å²) in [6, 6.07) is 17.2. The van der Waals surface area contributed by atoms with Crippen LogP contribution in [0, 0.1) is 11.3 Å². The molecule has 2 atom stereocenters. The van der Waals surface area contributed by atoms with Crippen molar-refractivity contribution in [2.45, 2.75) is 31.8 Å². The largest absolute Gasteiger partial charge is 0.340 e. The fraction of sp³-hybridized carbons (Fsp3) is 0.346. The average Bonchev–Trinajstić information content (AvgIpc) is 3.44. The van der Waals surface area contributed by atoms with Crippen molar-refractivity contribution in [1.29, 1.82) is 0 Å². The van der Waals surface area contributed by atoms with Gasteiger partial charge in [-0.25, -0.2) is 4.39 Å². The van der Waals surface area contributed by atoms with Crippen molar-refractivity contribution in [3.05, 3.63) is 95.7 Å². The topological polar surface area (TPSA) is 19.4 Å². The number of hydrogen-bond donors (Lipinski definition) is 0. The predicted molar refractivity (Wildman–Crippen MR) is 117 cm³/mol. The van der Waals surface area contributed by atoms with Crippen molar-refractivity contribution in [3.63, 3.8) is 0 Å². The van der Waals surface area contributed by atoms with Crippen molar-refractivity contribution in [2.75, 3.05) is 13.1 Å². The van der Waals surface area contributed by atoms with E-state index in [2.05, 4.69) is 57.3 Å². The number of rotatable bonds is 4. The van der Waals surface area contributed by atoms with Gasteiger partial charge in [-0.3, -0.25) is 9.88 Å². The Balaban J connectivity index is 1.26. The fourth-order valence-electron chi connectivity index (χ4n) is 5.60. The molecule has 0 radical (unpaired) electrons. The molecule has 6 rings (SSSR count). The van der Waals surface area contributed by atoms with E-state index in [1.807, 2.05) is 24.4 Å². The Bertz CT molecular complexity index is 1030. The lowest BCUT2D eigenvalue weighted by atomic mass is 9.94. The molecule has 1 spiro atoms. The number of allylic oxidation sites excluding steroid dienone is 4. The molecule has 1 saturated heterocycles. The van der Waals surface area contributed by atoms with Gasteiger partial charge in [0.1, 0.15) is 5.83 Å². The lowest BCUT2D eigenvalue weighted by Crippen LogP contribution is -2.43. The summed E-state index contributed by atoms with van der Waals surface area (Å²) in [7, 11) is 0. The molecule has 1 saturated carbocycles. The first-order valence-corrected chi connectivity index (χ1v) is 11.0. The van der Waals surface area contributed by atoms with Gasteiger partial charge in [0.15, 0.2) is 0 Å². The maximum Gasteiger partial charge on any atom is 0.104 e. The summed E-state index contributed by atoms with van der Waals surface area (Å²) in [5, 5.41) is 0. The molecule has 1 aromatic heterocycles. The predicted octanol–water partition coefficient (Wildman–Crippen LogP) is 5.16. The summed E-state index contributed by atoms with van der Waals surface area (Å²) in [5.41, 5.74) is 4.71. The van der Waals surface area contributed by atoms with Gasteiger partial charge in [0.2, 0.25) is 0 Å². The second-order valence-corrected chi connectivity index (χ2v) is 9.01. The molecule has 1 aromatic carbocycles. The number of aromatic nitrogens is 1. The summed E-state index contributed by atoms with van der Waals surface area (Å²) in [5.74, 6) is 0.0642. The molecule has 2 fully saturated rings. The molecular weight excluding hydrogens is 373 g/mol. The van der Waals surface area contributed by atoms with Crippen LogP contribution in [-0.2, 0) is 6.54 Å². The monoisotopic (exact) mass is 399 g/mol. The van der Waals surface area contributed by atoms with Gasteiger partial charge < -0.3 is 4.90 Å². The molecule has 4 heteroatoms. The second-order valence-electron chi connectivity index (χ2n) is 9.01. The van der Waals surface area contributed by atoms with Gasteiger partial charge in [-0.15, -0.1) is 0 Å². The summed E-state index contributed by atoms with van der Waals surface area (Å²) >= 11 is 0. The lowest BCUT2D eigenvalue weighted by Gasteiger charge is -2.40. The number of pyridine rings is 1. The van der Waals surface area contributed by atoms with E-state index in [1.54, 1.807) is 6.08 Å². The molecule has 3 nitrogen and oxygen atoms in total. The van der Waals surface area contributed by atoms with Crippen LogP contribution in [0.15, 0.2) is 84.5 Å². The molecule has 0 amide bonds. The summed E-state index contributed by atoms with van der Waals surface area (Å²) < 4.78 is 14.4. The molecule has 2 unspecified atom stereocenters. The minimum Gasteiger partial charge on any atom is -0.340 e. The van der Waals surface area contributed by atoms with E-state index < -0.39 is 0 Å². The Morgan fingerprint density at radius 2 is 1.80 bits per heavy atom. The fourth-order valence-corrected chi connectivity index (χ4v) is 5.60. The highest BCUT2D eigenvalue weighted by atomic mass is 19.1. The highest BCUT2D eigenvalue weighted by molar-refractivity contribution is 5.72. The summed E-state index contributed by atoms with van der Waals surface area (Å²) in [6.45, 7) is 3.18. The molecule has 4 aliphatic rings. The van der Waals surface area contributed by atoms with Crippen LogP contribution >= 0.6 is 0 Å². The molecule has 30 heavy (non-hydrogen) atoms. The summed E-state index contributed by atoms with van der Waals surface area (Å²) in [6.07, 6.45) is 11.0. The van der Waals surface area contributed by atoms with Gasteiger partial charge in [0.05, 0.1) is 11.4 Å². The van der Waals surface area contributed by atoms with Gasteiger partial charge in [-0.1, -0.05) is 36.4 Å².